The minimum Gasteiger partial charge on any atom is -0.480 e. The molecule has 33 heavy (non-hydrogen) atoms. The third-order valence-electron chi connectivity index (χ3n) is 5.75. The molecule has 9 heteroatoms. The number of rotatable bonds is 6. The van der Waals surface area contributed by atoms with Crippen LogP contribution in [0.1, 0.15) is 34.8 Å². The normalized spacial score (nSPS) is 17.6. The Hall–Kier alpha value is -3.65. The molecule has 0 unspecified atom stereocenters. The molecule has 0 radical (unpaired) electrons. The van der Waals surface area contributed by atoms with Crippen LogP contribution < -0.4 is 9.47 Å². The van der Waals surface area contributed by atoms with E-state index < -0.39 is 18.1 Å². The summed E-state index contributed by atoms with van der Waals surface area (Å²) in [5, 5.41) is 18.1. The van der Waals surface area contributed by atoms with Crippen molar-refractivity contribution < 1.29 is 24.2 Å². The summed E-state index contributed by atoms with van der Waals surface area (Å²) in [6.07, 6.45) is 0.874. The van der Waals surface area contributed by atoms with Crippen molar-refractivity contribution in [1.82, 2.24) is 15.1 Å². The van der Waals surface area contributed by atoms with Gasteiger partial charge in [-0.3, -0.25) is 4.79 Å². The molecule has 1 aliphatic heterocycles. The number of amides is 1. The first-order chi connectivity index (χ1) is 15.9. The highest BCUT2D eigenvalue weighted by atomic mass is 35.5. The number of carboxylic acids is 1. The standard InChI is InChI=1S/C24H22ClN3O5/c1-32-21-13-17(22(33-2)27-26-21)14-7-9-15(10-8-14)23(29)28-19(11-12-20(28)24(30)31)16-5-3-4-6-18(16)25/h3-10,13,19-20H,11-12H2,1-2H3,(H,30,31)/t19-,20+/m1/s1. The van der Waals surface area contributed by atoms with Crippen molar-refractivity contribution in [3.8, 4) is 22.9 Å². The molecule has 2 heterocycles. The average molecular weight is 468 g/mol. The SMILES string of the molecule is COc1cc(-c2ccc(C(=O)N3[C@@H](c4ccccc4Cl)CC[C@H]3C(=O)O)cc2)c(OC)nn1. The Kier molecular flexibility index (Phi) is 6.46. The van der Waals surface area contributed by atoms with Gasteiger partial charge in [0.1, 0.15) is 6.04 Å². The summed E-state index contributed by atoms with van der Waals surface area (Å²) in [7, 11) is 2.98. The van der Waals surface area contributed by atoms with E-state index in [0.29, 0.717) is 40.8 Å². The zero-order chi connectivity index (χ0) is 23.5. The Morgan fingerprint density at radius 3 is 2.39 bits per heavy atom. The Morgan fingerprint density at radius 1 is 1.03 bits per heavy atom. The fraction of sp³-hybridized carbons (Fsp3) is 0.250. The number of aromatic nitrogens is 2. The molecule has 4 rings (SSSR count). The molecule has 1 aromatic heterocycles. The first-order valence-electron chi connectivity index (χ1n) is 10.3. The van der Waals surface area contributed by atoms with Crippen LogP contribution in [0.15, 0.2) is 54.6 Å². The molecule has 1 amide bonds. The molecular formula is C24H22ClN3O5. The van der Waals surface area contributed by atoms with Gasteiger partial charge >= 0.3 is 5.97 Å². The van der Waals surface area contributed by atoms with Gasteiger partial charge in [0, 0.05) is 16.7 Å². The molecule has 1 aliphatic rings. The number of carboxylic acid groups (broad SMARTS) is 1. The third kappa shape index (κ3) is 4.34. The Labute approximate surface area is 195 Å². The van der Waals surface area contributed by atoms with Crippen LogP contribution in [0.4, 0.5) is 0 Å². The van der Waals surface area contributed by atoms with Crippen molar-refractivity contribution in [1.29, 1.82) is 0 Å². The molecule has 0 aliphatic carbocycles. The monoisotopic (exact) mass is 467 g/mol. The number of benzene rings is 2. The number of hydrogen-bond acceptors (Lipinski definition) is 6. The molecule has 2 atom stereocenters. The molecule has 1 saturated heterocycles. The van der Waals surface area contributed by atoms with Crippen LogP contribution in [0.5, 0.6) is 11.8 Å². The van der Waals surface area contributed by atoms with Crippen LogP contribution in [-0.2, 0) is 4.79 Å². The minimum atomic E-state index is -1.03. The summed E-state index contributed by atoms with van der Waals surface area (Å²) >= 11 is 6.37. The quantitative estimate of drug-likeness (QED) is 0.578. The minimum absolute atomic E-state index is 0.319. The Bertz CT molecular complexity index is 1180. The summed E-state index contributed by atoms with van der Waals surface area (Å²) in [5.74, 6) is -0.753. The number of nitrogens with zero attached hydrogens (tertiary/aromatic N) is 3. The van der Waals surface area contributed by atoms with Gasteiger partial charge in [0.15, 0.2) is 0 Å². The molecule has 1 N–H and O–H groups in total. The number of methoxy groups -OCH3 is 2. The number of hydrogen-bond donors (Lipinski definition) is 1. The maximum Gasteiger partial charge on any atom is 0.326 e. The van der Waals surface area contributed by atoms with E-state index >= 15 is 0 Å². The van der Waals surface area contributed by atoms with Crippen LogP contribution in [0.25, 0.3) is 11.1 Å². The van der Waals surface area contributed by atoms with Crippen LogP contribution in [0.3, 0.4) is 0 Å². The van der Waals surface area contributed by atoms with Gasteiger partial charge in [-0.2, -0.15) is 0 Å². The van der Waals surface area contributed by atoms with Crippen molar-refractivity contribution in [3.63, 3.8) is 0 Å². The molecule has 2 aromatic carbocycles. The highest BCUT2D eigenvalue weighted by molar-refractivity contribution is 6.31. The van der Waals surface area contributed by atoms with E-state index in [2.05, 4.69) is 10.2 Å². The molecule has 1 fully saturated rings. The van der Waals surface area contributed by atoms with Crippen molar-refractivity contribution >= 4 is 23.5 Å². The first kappa shape index (κ1) is 22.5. The molecule has 8 nitrogen and oxygen atoms in total. The average Bonchev–Trinajstić information content (AvgIpc) is 3.29. The zero-order valence-electron chi connectivity index (χ0n) is 18.1. The highest BCUT2D eigenvalue weighted by Gasteiger charge is 2.42. The van der Waals surface area contributed by atoms with Gasteiger partial charge in [-0.25, -0.2) is 4.79 Å². The fourth-order valence-corrected chi connectivity index (χ4v) is 4.41. The van der Waals surface area contributed by atoms with Gasteiger partial charge in [0.2, 0.25) is 11.8 Å². The maximum atomic E-state index is 13.5. The molecule has 0 bridgehead atoms. The van der Waals surface area contributed by atoms with Gasteiger partial charge in [-0.1, -0.05) is 41.9 Å². The largest absolute Gasteiger partial charge is 0.480 e. The summed E-state index contributed by atoms with van der Waals surface area (Å²) in [4.78, 5) is 26.8. The number of halogens is 1. The van der Waals surface area contributed by atoms with Crippen LogP contribution >= 0.6 is 11.6 Å². The number of likely N-dealkylation sites (tertiary alicyclic amines) is 1. The van der Waals surface area contributed by atoms with Crippen molar-refractivity contribution in [2.75, 3.05) is 14.2 Å². The van der Waals surface area contributed by atoms with Gasteiger partial charge in [-0.05, 0) is 42.2 Å². The smallest absolute Gasteiger partial charge is 0.326 e. The predicted molar refractivity (Wildman–Crippen MR) is 122 cm³/mol. The zero-order valence-corrected chi connectivity index (χ0v) is 18.8. The van der Waals surface area contributed by atoms with Crippen molar-refractivity contribution in [2.45, 2.75) is 24.9 Å². The lowest BCUT2D eigenvalue weighted by atomic mass is 10.0. The van der Waals surface area contributed by atoms with E-state index in [9.17, 15) is 14.7 Å². The summed E-state index contributed by atoms with van der Waals surface area (Å²) in [6, 6.07) is 14.4. The second-order valence-corrected chi connectivity index (χ2v) is 7.98. The van der Waals surface area contributed by atoms with Gasteiger partial charge in [-0.15, -0.1) is 10.2 Å². The summed E-state index contributed by atoms with van der Waals surface area (Å²) < 4.78 is 10.4. The number of ether oxygens (including phenoxy) is 2. The van der Waals surface area contributed by atoms with Crippen molar-refractivity contribution in [2.24, 2.45) is 0 Å². The van der Waals surface area contributed by atoms with Crippen LogP contribution in [0, 0.1) is 0 Å². The maximum absolute atomic E-state index is 13.5. The van der Waals surface area contributed by atoms with E-state index in [1.165, 1.54) is 19.1 Å². The second-order valence-electron chi connectivity index (χ2n) is 7.57. The number of carbonyl (C=O) groups excluding carboxylic acids is 1. The van der Waals surface area contributed by atoms with E-state index in [-0.39, 0.29) is 5.91 Å². The fourth-order valence-electron chi connectivity index (χ4n) is 4.15. The lowest BCUT2D eigenvalue weighted by Gasteiger charge is -2.29. The molecule has 170 valence electrons. The third-order valence-corrected chi connectivity index (χ3v) is 6.10. The lowest BCUT2D eigenvalue weighted by Crippen LogP contribution is -2.41. The summed E-state index contributed by atoms with van der Waals surface area (Å²) in [6.45, 7) is 0. The molecule has 3 aromatic rings. The van der Waals surface area contributed by atoms with Crippen molar-refractivity contribution in [3.05, 3.63) is 70.7 Å². The predicted octanol–water partition coefficient (Wildman–Crippen LogP) is 4.24. The summed E-state index contributed by atoms with van der Waals surface area (Å²) in [5.41, 5.74) is 2.52. The topological polar surface area (TPSA) is 102 Å². The Morgan fingerprint density at radius 2 is 1.76 bits per heavy atom. The first-order valence-corrected chi connectivity index (χ1v) is 10.7. The Balaban J connectivity index is 1.68. The van der Waals surface area contributed by atoms with Gasteiger partial charge in [0.05, 0.1) is 25.8 Å². The van der Waals surface area contributed by atoms with E-state index in [0.717, 1.165) is 11.1 Å². The molecular weight excluding hydrogens is 446 g/mol. The van der Waals surface area contributed by atoms with E-state index in [4.69, 9.17) is 21.1 Å². The molecule has 0 saturated carbocycles. The van der Waals surface area contributed by atoms with Gasteiger partial charge < -0.3 is 19.5 Å². The van der Waals surface area contributed by atoms with E-state index in [1.54, 1.807) is 42.5 Å². The lowest BCUT2D eigenvalue weighted by molar-refractivity contribution is -0.141. The number of carbonyl (C=O) groups is 2. The second kappa shape index (κ2) is 9.46. The number of aliphatic carboxylic acids is 1. The van der Waals surface area contributed by atoms with Crippen LogP contribution in [-0.4, -0.2) is 52.3 Å². The van der Waals surface area contributed by atoms with E-state index in [1.807, 2.05) is 12.1 Å². The molecule has 0 spiro atoms. The van der Waals surface area contributed by atoms with Gasteiger partial charge in [0.25, 0.3) is 5.91 Å². The highest BCUT2D eigenvalue weighted by Crippen LogP contribution is 2.40. The van der Waals surface area contributed by atoms with Crippen LogP contribution in [0.2, 0.25) is 5.02 Å².